The molecule has 10 aromatic carbocycles. The first-order valence-corrected chi connectivity index (χ1v) is 22.9. The van der Waals surface area contributed by atoms with Crippen molar-refractivity contribution in [2.24, 2.45) is 0 Å². The second-order valence-corrected chi connectivity index (χ2v) is 19.0. The molecule has 0 aliphatic rings. The molecule has 0 bridgehead atoms. The Morgan fingerprint density at radius 2 is 0.623 bits per heavy atom. The summed E-state index contributed by atoms with van der Waals surface area (Å²) in [5.74, 6) is 0.541. The third kappa shape index (κ3) is 8.22. The molecule has 1 heterocycles. The normalized spacial score (nSPS) is 11.8. The highest BCUT2D eigenvalue weighted by Gasteiger charge is 2.43. The molecular weight excluding hydrogens is 763 g/mol. The summed E-state index contributed by atoms with van der Waals surface area (Å²) in [6.45, 7) is 4.36. The van der Waals surface area contributed by atoms with Crippen LogP contribution in [-0.2, 0) is 19.4 Å². The van der Waals surface area contributed by atoms with Gasteiger partial charge in [-0.15, -0.1) is 0 Å². The number of rotatable bonds is 6. The van der Waals surface area contributed by atoms with E-state index >= 15 is 0 Å². The van der Waals surface area contributed by atoms with Crippen LogP contribution in [0.1, 0.15) is 25.3 Å². The van der Waals surface area contributed by atoms with Gasteiger partial charge in [0.15, 0.2) is 12.4 Å². The van der Waals surface area contributed by atoms with Gasteiger partial charge in [0.05, 0.1) is 0 Å². The number of benzene rings is 10. The molecule has 0 aliphatic carbocycles. The van der Waals surface area contributed by atoms with E-state index in [-0.39, 0.29) is 0 Å². The molecule has 1 aromatic heterocycles. The highest BCUT2D eigenvalue weighted by Crippen LogP contribution is 2.34. The van der Waals surface area contributed by atoms with Crippen molar-refractivity contribution in [3.05, 3.63) is 200 Å². The zero-order valence-electron chi connectivity index (χ0n) is 35.4. The van der Waals surface area contributed by atoms with Crippen molar-refractivity contribution in [1.82, 2.24) is 0 Å². The zero-order valence-corrected chi connectivity index (χ0v) is 36.4. The summed E-state index contributed by atoms with van der Waals surface area (Å²) in [4.78, 5) is 0. The minimum atomic E-state index is -2.54. The van der Waals surface area contributed by atoms with Crippen molar-refractivity contribution >= 4 is 95.0 Å². The third-order valence-corrected chi connectivity index (χ3v) is 14.6. The minimum Gasteiger partial charge on any atom is -0.373 e. The molecule has 0 saturated carbocycles. The molecule has 0 saturated heterocycles. The Labute approximate surface area is 358 Å². The predicted molar refractivity (Wildman–Crippen MR) is 260 cm³/mol. The lowest BCUT2D eigenvalue weighted by Crippen LogP contribution is -2.56. The van der Waals surface area contributed by atoms with E-state index < -0.39 is 8.80 Å². The summed E-state index contributed by atoms with van der Waals surface area (Å²) in [5, 5.41) is 21.0. The van der Waals surface area contributed by atoms with Crippen molar-refractivity contribution in [2.45, 2.75) is 25.9 Å². The molecule has 61 heavy (non-hydrogen) atoms. The topological polar surface area (TPSA) is 31.6 Å². The monoisotopic (exact) mass is 812 g/mol. The molecule has 0 atom stereocenters. The smallest absolute Gasteiger partial charge is 0.373 e. The van der Waals surface area contributed by atoms with Crippen LogP contribution in [0.15, 0.2) is 194 Å². The van der Waals surface area contributed by atoms with Crippen LogP contribution < -0.4 is 4.57 Å². The molecule has 5 heteroatoms. The Morgan fingerprint density at radius 1 is 0.361 bits per heavy atom. The van der Waals surface area contributed by atoms with Gasteiger partial charge in [-0.3, -0.25) is 0 Å². The van der Waals surface area contributed by atoms with Gasteiger partial charge in [0.25, 0.3) is 0 Å². The van der Waals surface area contributed by atoms with Crippen LogP contribution in [0.5, 0.6) is 0 Å². The molecule has 0 aliphatic heterocycles. The van der Waals surface area contributed by atoms with Crippen LogP contribution in [0.25, 0.3) is 86.2 Å². The Hall–Kier alpha value is -6.47. The van der Waals surface area contributed by atoms with Gasteiger partial charge >= 0.3 is 8.80 Å². The average Bonchev–Trinajstić information content (AvgIpc) is 3.31. The molecule has 11 aromatic rings. The summed E-state index contributed by atoms with van der Waals surface area (Å²) in [7, 11) is 2.34. The Morgan fingerprint density at radius 3 is 0.869 bits per heavy atom. The summed E-state index contributed by atoms with van der Waals surface area (Å²) in [5.41, 5.74) is 1.32. The lowest BCUT2D eigenvalue weighted by Gasteiger charge is -2.20. The van der Waals surface area contributed by atoms with Crippen LogP contribution in [0, 0.1) is 0 Å². The first-order valence-electron chi connectivity index (χ1n) is 21.0. The van der Waals surface area contributed by atoms with Crippen molar-refractivity contribution in [1.29, 1.82) is 0 Å². The van der Waals surface area contributed by atoms with E-state index in [2.05, 4.69) is 196 Å². The zero-order chi connectivity index (χ0) is 41.9. The van der Waals surface area contributed by atoms with Gasteiger partial charge in [-0.05, 0) is 146 Å². The van der Waals surface area contributed by atoms with Crippen molar-refractivity contribution in [3.8, 4) is 0 Å². The number of nitrogens with zero attached hydrogens (tertiary/aromatic N) is 1. The van der Waals surface area contributed by atoms with E-state index in [0.29, 0.717) is 12.1 Å². The second-order valence-electron chi connectivity index (χ2n) is 16.1. The molecule has 0 unspecified atom stereocenters. The van der Waals surface area contributed by atoms with Gasteiger partial charge in [-0.2, -0.15) is 0 Å². The van der Waals surface area contributed by atoms with Gasteiger partial charge in [0.1, 0.15) is 0 Å². The fraction of sp³-hybridized carbons (Fsp3) is 0.125. The van der Waals surface area contributed by atoms with Crippen molar-refractivity contribution < 1.29 is 17.8 Å². The van der Waals surface area contributed by atoms with Gasteiger partial charge < -0.3 is 13.3 Å². The molecule has 0 N–H and O–H groups in total. The lowest BCUT2D eigenvalue weighted by atomic mass is 9.96. The highest BCUT2D eigenvalue weighted by atomic mass is 28.4. The van der Waals surface area contributed by atoms with Crippen LogP contribution in [-0.4, -0.2) is 30.1 Å². The minimum absolute atomic E-state index is 0.541. The number of fused-ring (bicyclic) bond motifs is 10. The second kappa shape index (κ2) is 17.3. The molecule has 0 radical (unpaired) electrons. The predicted octanol–water partition coefficient (Wildman–Crippen LogP) is 14.1. The first kappa shape index (κ1) is 40.0. The Kier molecular flexibility index (Phi) is 11.3. The molecule has 0 spiro atoms. The molecule has 300 valence electrons. The number of aromatic nitrogens is 1. The Balaban J connectivity index is 0.000000119. The van der Waals surface area contributed by atoms with Crippen molar-refractivity contribution in [2.75, 3.05) is 21.3 Å². The number of pyridine rings is 1. The summed E-state index contributed by atoms with van der Waals surface area (Å²) < 4.78 is 18.2. The highest BCUT2D eigenvalue weighted by molar-refractivity contribution is 6.58. The Bertz CT molecular complexity index is 2950. The quantitative estimate of drug-likeness (QED) is 0.0725. The van der Waals surface area contributed by atoms with E-state index in [1.165, 1.54) is 91.7 Å². The fourth-order valence-corrected chi connectivity index (χ4v) is 10.0. The number of hydrogen-bond acceptors (Lipinski definition) is 3. The van der Waals surface area contributed by atoms with Crippen LogP contribution in [0.2, 0.25) is 0 Å². The maximum absolute atomic E-state index is 5.39. The van der Waals surface area contributed by atoms with Gasteiger partial charge in [0, 0.05) is 33.5 Å². The summed E-state index contributed by atoms with van der Waals surface area (Å²) in [6.07, 6.45) is 4.69. The third-order valence-electron chi connectivity index (χ3n) is 12.0. The van der Waals surface area contributed by atoms with E-state index in [1.807, 2.05) is 17.0 Å². The first-order chi connectivity index (χ1) is 29.8. The van der Waals surface area contributed by atoms with Crippen molar-refractivity contribution in [3.63, 3.8) is 0 Å². The SMILES string of the molecule is CO[Si](C[n+]1ccc(C(C)C)cc1)(OC)OC.c1ccc2cc3c(ccc4cc5ccccc5cc43)cc2c1.c1ccc2cc3c(ccc4cc5ccccc5cc43)cc2c1. The van der Waals surface area contributed by atoms with E-state index in [0.717, 1.165) is 0 Å². The van der Waals surface area contributed by atoms with Gasteiger partial charge in [-0.25, -0.2) is 4.57 Å². The number of hydrogen-bond donors (Lipinski definition) is 0. The van der Waals surface area contributed by atoms with Crippen LogP contribution in [0.4, 0.5) is 0 Å². The lowest BCUT2D eigenvalue weighted by molar-refractivity contribution is -0.685. The largest absolute Gasteiger partial charge is 0.569 e. The van der Waals surface area contributed by atoms with Gasteiger partial charge in [-0.1, -0.05) is 135 Å². The van der Waals surface area contributed by atoms with Crippen LogP contribution in [0.3, 0.4) is 0 Å². The maximum Gasteiger partial charge on any atom is 0.569 e. The van der Waals surface area contributed by atoms with E-state index in [1.54, 1.807) is 21.3 Å². The average molecular weight is 813 g/mol. The fourth-order valence-electron chi connectivity index (χ4n) is 8.50. The summed E-state index contributed by atoms with van der Waals surface area (Å²) >= 11 is 0. The van der Waals surface area contributed by atoms with Crippen LogP contribution >= 0.6 is 0 Å². The standard InChI is InChI=1S/2C22H14.C12H22NO3Si/c2*1-3-7-17-13-21-19(11-15(17)5-1)9-10-20-12-16-6-2-4-8-18(16)14-22(20)21;1-11(2)12-6-8-13(9-7-12)10-17(14-3,15-4)16-5/h2*1-14H;6-9,11H,10H2,1-5H3/q;;+1. The molecular formula is C56H50NO3Si+. The van der Waals surface area contributed by atoms with Gasteiger partial charge in [0.2, 0.25) is 6.17 Å². The summed E-state index contributed by atoms with van der Waals surface area (Å²) in [6, 6.07) is 65.9. The van der Waals surface area contributed by atoms with E-state index in [4.69, 9.17) is 13.3 Å². The molecule has 4 nitrogen and oxygen atoms in total. The maximum atomic E-state index is 5.39. The van der Waals surface area contributed by atoms with E-state index in [9.17, 15) is 0 Å². The molecule has 0 fully saturated rings. The molecule has 0 amide bonds. The molecule has 11 rings (SSSR count).